The number of nitrogens with zero attached hydrogens (tertiary/aromatic N) is 1. The van der Waals surface area contributed by atoms with Crippen molar-refractivity contribution >= 4 is 27.5 Å². The summed E-state index contributed by atoms with van der Waals surface area (Å²) in [6.45, 7) is 2.42. The molecule has 1 atom stereocenters. The number of aromatic hydroxyl groups is 1. The molecule has 5 nitrogen and oxygen atoms in total. The first-order valence-corrected chi connectivity index (χ1v) is 8.00. The number of hydrogen-bond acceptors (Lipinski definition) is 3. The van der Waals surface area contributed by atoms with Crippen LogP contribution in [-0.4, -0.2) is 30.4 Å². The van der Waals surface area contributed by atoms with Gasteiger partial charge in [-0.05, 0) is 31.9 Å². The Kier molecular flexibility index (Phi) is 4.23. The smallest absolute Gasteiger partial charge is 0.301 e. The molecule has 0 amide bonds. The summed E-state index contributed by atoms with van der Waals surface area (Å²) < 4.78 is 28.5. The van der Waals surface area contributed by atoms with E-state index in [1.165, 1.54) is 22.5 Å². The molecule has 1 aromatic rings. The van der Waals surface area contributed by atoms with Crippen molar-refractivity contribution < 1.29 is 13.5 Å². The van der Waals surface area contributed by atoms with Crippen LogP contribution in [0, 0.1) is 0 Å². The minimum atomic E-state index is -3.59. The van der Waals surface area contributed by atoms with Gasteiger partial charge < -0.3 is 5.11 Å². The van der Waals surface area contributed by atoms with E-state index in [1.807, 2.05) is 6.92 Å². The van der Waals surface area contributed by atoms with Crippen LogP contribution in [0.5, 0.6) is 5.75 Å². The molecular formula is C12H17ClN2O3S. The molecule has 0 aliphatic carbocycles. The number of halogens is 1. The lowest BCUT2D eigenvalue weighted by atomic mass is 10.1. The zero-order valence-electron chi connectivity index (χ0n) is 10.6. The van der Waals surface area contributed by atoms with Gasteiger partial charge >= 0.3 is 10.2 Å². The summed E-state index contributed by atoms with van der Waals surface area (Å²) in [4.78, 5) is 0. The van der Waals surface area contributed by atoms with Crippen LogP contribution in [0.3, 0.4) is 0 Å². The zero-order valence-corrected chi connectivity index (χ0v) is 12.2. The third-order valence-corrected chi connectivity index (χ3v) is 5.22. The van der Waals surface area contributed by atoms with E-state index in [9.17, 15) is 13.5 Å². The van der Waals surface area contributed by atoms with Gasteiger partial charge in [0, 0.05) is 18.7 Å². The fourth-order valence-corrected chi connectivity index (χ4v) is 3.82. The summed E-state index contributed by atoms with van der Waals surface area (Å²) in [6, 6.07) is 4.27. The van der Waals surface area contributed by atoms with E-state index in [0.29, 0.717) is 12.2 Å². The molecule has 1 unspecified atom stereocenters. The van der Waals surface area contributed by atoms with Crippen molar-refractivity contribution in [1.29, 1.82) is 0 Å². The van der Waals surface area contributed by atoms with E-state index in [1.54, 1.807) is 0 Å². The average molecular weight is 305 g/mol. The fourth-order valence-electron chi connectivity index (χ4n) is 2.21. The van der Waals surface area contributed by atoms with E-state index < -0.39 is 10.2 Å². The topological polar surface area (TPSA) is 69.6 Å². The van der Waals surface area contributed by atoms with E-state index in [-0.39, 0.29) is 16.8 Å². The first-order valence-electron chi connectivity index (χ1n) is 6.18. The van der Waals surface area contributed by atoms with Crippen molar-refractivity contribution in [2.24, 2.45) is 0 Å². The lowest BCUT2D eigenvalue weighted by molar-refractivity contribution is 0.270. The number of hydrogen-bond donors (Lipinski definition) is 2. The molecule has 1 saturated heterocycles. The molecule has 1 heterocycles. The van der Waals surface area contributed by atoms with Crippen molar-refractivity contribution in [1.82, 2.24) is 4.31 Å². The number of phenolic OH excluding ortho intramolecular Hbond substituents is 1. The van der Waals surface area contributed by atoms with Gasteiger partial charge in [-0.3, -0.25) is 4.72 Å². The van der Waals surface area contributed by atoms with Gasteiger partial charge in [0.2, 0.25) is 0 Å². The Morgan fingerprint density at radius 3 is 2.79 bits per heavy atom. The molecule has 1 aliphatic heterocycles. The Labute approximate surface area is 118 Å². The minimum Gasteiger partial charge on any atom is -0.506 e. The lowest BCUT2D eigenvalue weighted by Crippen LogP contribution is -2.44. The predicted molar refractivity (Wildman–Crippen MR) is 75.7 cm³/mol. The van der Waals surface area contributed by atoms with E-state index in [0.717, 1.165) is 19.3 Å². The van der Waals surface area contributed by atoms with Crippen LogP contribution >= 0.6 is 11.6 Å². The highest BCUT2D eigenvalue weighted by Gasteiger charge is 2.29. The molecule has 0 radical (unpaired) electrons. The number of rotatable bonds is 3. The number of benzene rings is 1. The molecule has 0 aromatic heterocycles. The second-order valence-electron chi connectivity index (χ2n) is 4.73. The molecule has 106 valence electrons. The van der Waals surface area contributed by atoms with Gasteiger partial charge in [-0.15, -0.1) is 0 Å². The monoisotopic (exact) mass is 304 g/mol. The maximum Gasteiger partial charge on any atom is 0.301 e. The molecule has 0 saturated carbocycles. The molecule has 1 aromatic carbocycles. The normalized spacial score (nSPS) is 21.3. The highest BCUT2D eigenvalue weighted by molar-refractivity contribution is 7.90. The summed E-state index contributed by atoms with van der Waals surface area (Å²) in [5.74, 6) is -0.145. The molecule has 1 fully saturated rings. The second kappa shape index (κ2) is 5.56. The molecule has 0 bridgehead atoms. The standard InChI is InChI=1S/C12H17ClN2O3S/c1-9-4-2-3-7-15(9)19(17,18)14-10-5-6-11(13)12(16)8-10/h5-6,8-9,14,16H,2-4,7H2,1H3. The first-order chi connectivity index (χ1) is 8.90. The number of nitrogens with one attached hydrogen (secondary N) is 1. The summed E-state index contributed by atoms with van der Waals surface area (Å²) in [5, 5.41) is 9.67. The van der Waals surface area contributed by atoms with Crippen molar-refractivity contribution in [3.8, 4) is 5.75 Å². The molecule has 1 aliphatic rings. The van der Waals surface area contributed by atoms with Crippen LogP contribution < -0.4 is 4.72 Å². The fraction of sp³-hybridized carbons (Fsp3) is 0.500. The van der Waals surface area contributed by atoms with Gasteiger partial charge in [-0.2, -0.15) is 12.7 Å². The van der Waals surface area contributed by atoms with Gasteiger partial charge in [0.05, 0.1) is 10.7 Å². The van der Waals surface area contributed by atoms with Crippen molar-refractivity contribution in [3.63, 3.8) is 0 Å². The van der Waals surface area contributed by atoms with Crippen LogP contribution in [0.1, 0.15) is 26.2 Å². The Hall–Kier alpha value is -0.980. The van der Waals surface area contributed by atoms with Crippen LogP contribution in [0.15, 0.2) is 18.2 Å². The van der Waals surface area contributed by atoms with Crippen LogP contribution in [0.4, 0.5) is 5.69 Å². The minimum absolute atomic E-state index is 0.00727. The molecule has 19 heavy (non-hydrogen) atoms. The Morgan fingerprint density at radius 1 is 1.42 bits per heavy atom. The van der Waals surface area contributed by atoms with Crippen molar-refractivity contribution in [2.45, 2.75) is 32.2 Å². The van der Waals surface area contributed by atoms with Gasteiger partial charge in [0.25, 0.3) is 0 Å². The number of anilines is 1. The maximum atomic E-state index is 12.3. The van der Waals surface area contributed by atoms with Crippen LogP contribution in [0.2, 0.25) is 5.02 Å². The lowest BCUT2D eigenvalue weighted by Gasteiger charge is -2.32. The second-order valence-corrected chi connectivity index (χ2v) is 6.76. The molecule has 2 rings (SSSR count). The highest BCUT2D eigenvalue weighted by atomic mass is 35.5. The number of phenols is 1. The molecule has 2 N–H and O–H groups in total. The summed E-state index contributed by atoms with van der Waals surface area (Å²) >= 11 is 5.69. The van der Waals surface area contributed by atoms with E-state index in [4.69, 9.17) is 11.6 Å². The van der Waals surface area contributed by atoms with E-state index >= 15 is 0 Å². The molecule has 7 heteroatoms. The quantitative estimate of drug-likeness (QED) is 0.901. The van der Waals surface area contributed by atoms with Crippen molar-refractivity contribution in [2.75, 3.05) is 11.3 Å². The third kappa shape index (κ3) is 3.32. The Morgan fingerprint density at radius 2 is 2.16 bits per heavy atom. The molecular weight excluding hydrogens is 288 g/mol. The van der Waals surface area contributed by atoms with Gasteiger partial charge in [-0.25, -0.2) is 0 Å². The Bertz CT molecular complexity index is 562. The first kappa shape index (κ1) is 14.4. The summed E-state index contributed by atoms with van der Waals surface area (Å²) in [6.07, 6.45) is 2.79. The number of piperidine rings is 1. The highest BCUT2D eigenvalue weighted by Crippen LogP contribution is 2.28. The summed E-state index contributed by atoms with van der Waals surface area (Å²) in [7, 11) is -3.59. The van der Waals surface area contributed by atoms with Crippen LogP contribution in [-0.2, 0) is 10.2 Å². The van der Waals surface area contributed by atoms with Crippen molar-refractivity contribution in [3.05, 3.63) is 23.2 Å². The van der Waals surface area contributed by atoms with Gasteiger partial charge in [0.15, 0.2) is 0 Å². The molecule has 0 spiro atoms. The third-order valence-electron chi connectivity index (χ3n) is 3.24. The largest absolute Gasteiger partial charge is 0.506 e. The van der Waals surface area contributed by atoms with E-state index in [2.05, 4.69) is 4.72 Å². The SMILES string of the molecule is CC1CCCCN1S(=O)(=O)Nc1ccc(Cl)c(O)c1. The zero-order chi connectivity index (χ0) is 14.0. The van der Waals surface area contributed by atoms with Gasteiger partial charge in [-0.1, -0.05) is 18.0 Å². The van der Waals surface area contributed by atoms with Crippen LogP contribution in [0.25, 0.3) is 0 Å². The average Bonchev–Trinajstić information content (AvgIpc) is 2.34. The van der Waals surface area contributed by atoms with Gasteiger partial charge in [0.1, 0.15) is 5.75 Å². The summed E-state index contributed by atoms with van der Waals surface area (Å²) in [5.41, 5.74) is 0.305. The Balaban J connectivity index is 2.18. The predicted octanol–water partition coefficient (Wildman–Crippen LogP) is 2.58. The maximum absolute atomic E-state index is 12.3.